The van der Waals surface area contributed by atoms with Gasteiger partial charge in [-0.1, -0.05) is 18.2 Å². The number of nitrogens with one attached hydrogen (secondary N) is 1. The minimum Gasteiger partial charge on any atom is -0.389 e. The van der Waals surface area contributed by atoms with E-state index in [0.717, 1.165) is 6.07 Å². The SMILES string of the molecule is CC(C)(O)Cn1cc(-c2ccc(NC(=O)c3cc4c(n(-c5ccccc5)c3=O)CCCC4=O)cc2F)c2c(N)ncnc21. The highest BCUT2D eigenvalue weighted by Gasteiger charge is 2.27. The molecule has 218 valence electrons. The van der Waals surface area contributed by atoms with Crippen LogP contribution in [0, 0.1) is 5.82 Å². The summed E-state index contributed by atoms with van der Waals surface area (Å²) in [6.45, 7) is 3.47. The number of Topliss-reactive ketones (excluding diaryl/α,β-unsaturated/α-hetero) is 1. The van der Waals surface area contributed by atoms with E-state index in [0.29, 0.717) is 52.8 Å². The van der Waals surface area contributed by atoms with Crippen LogP contribution in [0.4, 0.5) is 15.9 Å². The molecule has 0 fully saturated rings. The average Bonchev–Trinajstić information content (AvgIpc) is 3.31. The fourth-order valence-corrected chi connectivity index (χ4v) is 5.60. The van der Waals surface area contributed by atoms with Crippen molar-refractivity contribution in [3.63, 3.8) is 0 Å². The number of aromatic nitrogens is 4. The van der Waals surface area contributed by atoms with Gasteiger partial charge in [-0.25, -0.2) is 14.4 Å². The van der Waals surface area contributed by atoms with Gasteiger partial charge >= 0.3 is 0 Å². The molecule has 1 aliphatic carbocycles. The highest BCUT2D eigenvalue weighted by molar-refractivity contribution is 6.07. The first-order chi connectivity index (χ1) is 20.5. The van der Waals surface area contributed by atoms with Crippen molar-refractivity contribution in [2.45, 2.75) is 45.3 Å². The molecule has 0 spiro atoms. The Bertz CT molecular complexity index is 1970. The predicted octanol–water partition coefficient (Wildman–Crippen LogP) is 4.51. The topological polar surface area (TPSA) is 145 Å². The normalized spacial score (nSPS) is 13.3. The van der Waals surface area contributed by atoms with E-state index in [4.69, 9.17) is 5.73 Å². The molecular weight excluding hydrogens is 551 g/mol. The third kappa shape index (κ3) is 5.19. The number of fused-ring (bicyclic) bond motifs is 2. The van der Waals surface area contributed by atoms with Gasteiger partial charge in [0.25, 0.3) is 11.5 Å². The van der Waals surface area contributed by atoms with Crippen molar-refractivity contribution in [2.75, 3.05) is 11.1 Å². The number of carbonyl (C=O) groups is 2. The molecule has 0 unspecified atom stereocenters. The van der Waals surface area contributed by atoms with Gasteiger partial charge in [0, 0.05) is 46.4 Å². The van der Waals surface area contributed by atoms with E-state index in [9.17, 15) is 19.5 Å². The Balaban J connectivity index is 1.37. The van der Waals surface area contributed by atoms with Gasteiger partial charge in [-0.15, -0.1) is 0 Å². The monoisotopic (exact) mass is 580 g/mol. The summed E-state index contributed by atoms with van der Waals surface area (Å²) in [4.78, 5) is 48.2. The number of para-hydroxylation sites is 1. The van der Waals surface area contributed by atoms with Crippen molar-refractivity contribution in [1.29, 1.82) is 0 Å². The summed E-state index contributed by atoms with van der Waals surface area (Å²) in [6.07, 6.45) is 4.43. The first kappa shape index (κ1) is 28.0. The number of anilines is 2. The van der Waals surface area contributed by atoms with Crippen LogP contribution in [0.2, 0.25) is 0 Å². The van der Waals surface area contributed by atoms with E-state index >= 15 is 4.39 Å². The summed E-state index contributed by atoms with van der Waals surface area (Å²) < 4.78 is 18.7. The van der Waals surface area contributed by atoms with Crippen molar-refractivity contribution in [3.05, 3.63) is 100 Å². The molecule has 10 nitrogen and oxygen atoms in total. The van der Waals surface area contributed by atoms with Crippen LogP contribution in [0.3, 0.4) is 0 Å². The second kappa shape index (κ2) is 10.6. The van der Waals surface area contributed by atoms with Crippen LogP contribution in [0.5, 0.6) is 0 Å². The Morgan fingerprint density at radius 2 is 1.81 bits per heavy atom. The summed E-state index contributed by atoms with van der Waals surface area (Å²) >= 11 is 0. The van der Waals surface area contributed by atoms with Gasteiger partial charge in [-0.05, 0) is 63.1 Å². The van der Waals surface area contributed by atoms with E-state index in [1.54, 1.807) is 48.9 Å². The van der Waals surface area contributed by atoms with Gasteiger partial charge in [0.1, 0.15) is 29.2 Å². The number of nitrogens with zero attached hydrogens (tertiary/aromatic N) is 4. The van der Waals surface area contributed by atoms with Crippen LogP contribution in [-0.2, 0) is 13.0 Å². The largest absolute Gasteiger partial charge is 0.389 e. The third-order valence-corrected chi connectivity index (χ3v) is 7.44. The number of nitrogen functional groups attached to an aromatic ring is 1. The molecule has 0 saturated heterocycles. The first-order valence-electron chi connectivity index (χ1n) is 13.8. The Hall–Kier alpha value is -5.16. The molecule has 43 heavy (non-hydrogen) atoms. The Labute approximate surface area is 245 Å². The van der Waals surface area contributed by atoms with Crippen molar-refractivity contribution >= 4 is 34.2 Å². The summed E-state index contributed by atoms with van der Waals surface area (Å²) in [5, 5.41) is 13.4. The maximum atomic E-state index is 15.6. The van der Waals surface area contributed by atoms with E-state index in [2.05, 4.69) is 15.3 Å². The molecule has 2 aromatic carbocycles. The maximum absolute atomic E-state index is 15.6. The van der Waals surface area contributed by atoms with Crippen LogP contribution < -0.4 is 16.6 Å². The number of nitrogens with two attached hydrogens (primary N) is 1. The zero-order chi connectivity index (χ0) is 30.5. The highest BCUT2D eigenvalue weighted by atomic mass is 19.1. The Morgan fingerprint density at radius 3 is 2.53 bits per heavy atom. The van der Waals surface area contributed by atoms with E-state index in [1.807, 2.05) is 6.07 Å². The molecule has 0 bridgehead atoms. The molecular formula is C32H29FN6O4. The lowest BCUT2D eigenvalue weighted by atomic mass is 9.92. The number of rotatable bonds is 6. The Kier molecular flexibility index (Phi) is 6.89. The lowest BCUT2D eigenvalue weighted by Gasteiger charge is -2.21. The van der Waals surface area contributed by atoms with Crippen LogP contribution >= 0.6 is 0 Å². The number of hydrogen-bond donors (Lipinski definition) is 3. The number of carbonyl (C=O) groups excluding carboxylic acids is 2. The van der Waals surface area contributed by atoms with Crippen molar-refractivity contribution in [2.24, 2.45) is 0 Å². The molecule has 3 aromatic heterocycles. The summed E-state index contributed by atoms with van der Waals surface area (Å²) in [5.41, 5.74) is 6.92. The number of hydrogen-bond acceptors (Lipinski definition) is 7. The molecule has 4 N–H and O–H groups in total. The summed E-state index contributed by atoms with van der Waals surface area (Å²) in [6, 6.07) is 14.3. The molecule has 1 aliphatic rings. The first-order valence-corrected chi connectivity index (χ1v) is 13.8. The van der Waals surface area contributed by atoms with Gasteiger partial charge in [-0.2, -0.15) is 0 Å². The number of aliphatic hydroxyl groups is 1. The van der Waals surface area contributed by atoms with Crippen LogP contribution in [0.15, 0.2) is 71.9 Å². The number of benzene rings is 2. The van der Waals surface area contributed by atoms with Gasteiger partial charge in [0.05, 0.1) is 17.5 Å². The van der Waals surface area contributed by atoms with Crippen LogP contribution in [-0.4, -0.2) is 41.5 Å². The molecule has 6 rings (SSSR count). The third-order valence-electron chi connectivity index (χ3n) is 7.44. The van der Waals surface area contributed by atoms with Crippen molar-refractivity contribution < 1.29 is 19.1 Å². The quantitative estimate of drug-likeness (QED) is 0.268. The predicted molar refractivity (Wildman–Crippen MR) is 161 cm³/mol. The number of pyridine rings is 1. The molecule has 3 heterocycles. The van der Waals surface area contributed by atoms with E-state index < -0.39 is 22.9 Å². The van der Waals surface area contributed by atoms with Crippen molar-refractivity contribution in [3.8, 4) is 16.8 Å². The average molecular weight is 581 g/mol. The van der Waals surface area contributed by atoms with Gasteiger partial charge in [-0.3, -0.25) is 19.0 Å². The smallest absolute Gasteiger partial charge is 0.268 e. The summed E-state index contributed by atoms with van der Waals surface area (Å²) in [7, 11) is 0. The number of amides is 1. The van der Waals surface area contributed by atoms with E-state index in [-0.39, 0.29) is 35.0 Å². The minimum absolute atomic E-state index is 0.116. The fourth-order valence-electron chi connectivity index (χ4n) is 5.60. The standard InChI is InChI=1S/C32H29FN6O4/c1-32(2,43)16-38-15-23(27-28(34)35-17-36-29(27)38)20-12-11-18(13-24(20)33)37-30(41)22-14-21-25(9-6-10-26(21)40)39(31(22)42)19-7-4-3-5-8-19/h3-5,7-8,11-15,17,43H,6,9-10,16H2,1-2H3,(H,37,41)(H2,34,35,36). The van der Waals surface area contributed by atoms with Crippen LogP contribution in [0.1, 0.15) is 53.1 Å². The van der Waals surface area contributed by atoms with E-state index in [1.165, 1.54) is 29.1 Å². The number of ketones is 1. The zero-order valence-electron chi connectivity index (χ0n) is 23.6. The summed E-state index contributed by atoms with van der Waals surface area (Å²) in [5.74, 6) is -1.40. The van der Waals surface area contributed by atoms with Crippen molar-refractivity contribution in [1.82, 2.24) is 19.1 Å². The minimum atomic E-state index is -1.07. The maximum Gasteiger partial charge on any atom is 0.268 e. The second-order valence-electron chi connectivity index (χ2n) is 11.3. The molecule has 0 saturated carbocycles. The second-order valence-corrected chi connectivity index (χ2v) is 11.3. The zero-order valence-corrected chi connectivity index (χ0v) is 23.6. The van der Waals surface area contributed by atoms with Gasteiger partial charge in [0.15, 0.2) is 5.78 Å². The fraction of sp³-hybridized carbons (Fsp3) is 0.219. The van der Waals surface area contributed by atoms with Crippen LogP contribution in [0.25, 0.3) is 27.8 Å². The molecule has 0 radical (unpaired) electrons. The number of halogens is 1. The molecule has 0 aliphatic heterocycles. The molecule has 0 atom stereocenters. The molecule has 1 amide bonds. The molecule has 5 aromatic rings. The molecule has 11 heteroatoms. The lowest BCUT2D eigenvalue weighted by Crippen LogP contribution is -2.33. The highest BCUT2D eigenvalue weighted by Crippen LogP contribution is 2.35. The Morgan fingerprint density at radius 1 is 1.05 bits per heavy atom. The lowest BCUT2D eigenvalue weighted by molar-refractivity contribution is 0.0627. The van der Waals surface area contributed by atoms with Gasteiger partial charge < -0.3 is 20.7 Å². The van der Waals surface area contributed by atoms with Gasteiger partial charge in [0.2, 0.25) is 0 Å².